The molecule has 0 aliphatic heterocycles. The predicted octanol–water partition coefficient (Wildman–Crippen LogP) is 2.93. The van der Waals surface area contributed by atoms with Gasteiger partial charge in [-0.1, -0.05) is 12.1 Å². The van der Waals surface area contributed by atoms with Gasteiger partial charge in [-0.05, 0) is 27.6 Å². The van der Waals surface area contributed by atoms with Gasteiger partial charge in [0.1, 0.15) is 5.82 Å². The third-order valence-electron chi connectivity index (χ3n) is 2.06. The van der Waals surface area contributed by atoms with Crippen LogP contribution < -0.4 is 5.32 Å². The first-order valence-corrected chi connectivity index (χ1v) is 6.14. The van der Waals surface area contributed by atoms with Crippen molar-refractivity contribution in [3.8, 4) is 0 Å². The van der Waals surface area contributed by atoms with Crippen molar-refractivity contribution in [3.63, 3.8) is 0 Å². The maximum absolute atomic E-state index is 13.2. The molecule has 1 aromatic carbocycles. The molecule has 1 atom stereocenters. The molecule has 0 saturated heterocycles. The summed E-state index contributed by atoms with van der Waals surface area (Å²) in [6, 6.07) is 4.97. The van der Waals surface area contributed by atoms with Gasteiger partial charge in [0.25, 0.3) is 0 Å². The van der Waals surface area contributed by atoms with Gasteiger partial charge < -0.3 is 10.1 Å². The molecule has 2 nitrogen and oxygen atoms in total. The number of alkyl halides is 1. The Labute approximate surface area is 108 Å². The molecule has 0 fully saturated rings. The van der Waals surface area contributed by atoms with E-state index in [1.165, 1.54) is 6.07 Å². The highest BCUT2D eigenvalue weighted by Gasteiger charge is 2.06. The van der Waals surface area contributed by atoms with Crippen LogP contribution in [0.2, 0.25) is 0 Å². The Balaban J connectivity index is 2.40. The van der Waals surface area contributed by atoms with Gasteiger partial charge in [0, 0.05) is 20.2 Å². The fraction of sp³-hybridized carbons (Fsp3) is 0.455. The van der Waals surface area contributed by atoms with Gasteiger partial charge in [-0.15, -0.1) is 11.6 Å². The van der Waals surface area contributed by atoms with Crippen LogP contribution in [0.4, 0.5) is 4.39 Å². The monoisotopic (exact) mass is 309 g/mol. The molecule has 5 heteroatoms. The maximum Gasteiger partial charge on any atom is 0.137 e. The Morgan fingerprint density at radius 2 is 2.31 bits per heavy atom. The van der Waals surface area contributed by atoms with E-state index in [0.29, 0.717) is 24.2 Å². The maximum atomic E-state index is 13.2. The van der Waals surface area contributed by atoms with Crippen molar-refractivity contribution in [3.05, 3.63) is 34.1 Å². The van der Waals surface area contributed by atoms with Crippen molar-refractivity contribution in [1.82, 2.24) is 5.32 Å². The van der Waals surface area contributed by atoms with Gasteiger partial charge in [0.2, 0.25) is 0 Å². The van der Waals surface area contributed by atoms with Crippen molar-refractivity contribution in [1.29, 1.82) is 0 Å². The van der Waals surface area contributed by atoms with Crippen LogP contribution in [0.3, 0.4) is 0 Å². The Morgan fingerprint density at radius 1 is 1.56 bits per heavy atom. The van der Waals surface area contributed by atoms with E-state index in [1.54, 1.807) is 13.2 Å². The molecule has 1 aromatic rings. The summed E-state index contributed by atoms with van der Waals surface area (Å²) in [5.41, 5.74) is 0.876. The van der Waals surface area contributed by atoms with Gasteiger partial charge in [0.15, 0.2) is 0 Å². The molecule has 1 rings (SSSR count). The molecule has 0 aliphatic rings. The number of hydrogen-bond donors (Lipinski definition) is 1. The van der Waals surface area contributed by atoms with Crippen LogP contribution in [0.1, 0.15) is 5.56 Å². The number of halogens is 3. The quantitative estimate of drug-likeness (QED) is 0.816. The molecule has 1 N–H and O–H groups in total. The lowest BCUT2D eigenvalue weighted by Crippen LogP contribution is -2.26. The molecule has 1 unspecified atom stereocenters. The van der Waals surface area contributed by atoms with E-state index in [9.17, 15) is 4.39 Å². The highest BCUT2D eigenvalue weighted by Crippen LogP contribution is 2.20. The van der Waals surface area contributed by atoms with Crippen LogP contribution in [-0.4, -0.2) is 25.6 Å². The van der Waals surface area contributed by atoms with E-state index < -0.39 is 0 Å². The second-order valence-electron chi connectivity index (χ2n) is 3.40. The summed E-state index contributed by atoms with van der Waals surface area (Å²) in [6.07, 6.45) is 0. The van der Waals surface area contributed by atoms with E-state index in [2.05, 4.69) is 21.2 Å². The lowest BCUT2D eigenvalue weighted by molar-refractivity contribution is 0.197. The van der Waals surface area contributed by atoms with E-state index in [-0.39, 0.29) is 11.2 Å². The molecule has 0 amide bonds. The Kier molecular flexibility index (Phi) is 6.28. The minimum Gasteiger partial charge on any atom is -0.383 e. The predicted molar refractivity (Wildman–Crippen MR) is 67.3 cm³/mol. The molecular formula is C11H14BrClFNO. The van der Waals surface area contributed by atoms with E-state index in [4.69, 9.17) is 16.3 Å². The number of nitrogens with one attached hydrogen (secondary N) is 1. The van der Waals surface area contributed by atoms with Gasteiger partial charge in [-0.25, -0.2) is 4.39 Å². The summed E-state index contributed by atoms with van der Waals surface area (Å²) in [5.74, 6) is -0.251. The highest BCUT2D eigenvalue weighted by atomic mass is 79.9. The molecule has 0 spiro atoms. The van der Waals surface area contributed by atoms with Crippen LogP contribution in [0.5, 0.6) is 0 Å². The fourth-order valence-electron chi connectivity index (χ4n) is 1.29. The first kappa shape index (κ1) is 13.9. The molecule has 16 heavy (non-hydrogen) atoms. The molecule has 0 radical (unpaired) electrons. The minimum atomic E-state index is -0.251. The lowest BCUT2D eigenvalue weighted by atomic mass is 10.2. The summed E-state index contributed by atoms with van der Waals surface area (Å²) in [6.45, 7) is 1.70. The topological polar surface area (TPSA) is 21.3 Å². The summed E-state index contributed by atoms with van der Waals surface area (Å²) >= 11 is 9.15. The normalized spacial score (nSPS) is 12.8. The van der Waals surface area contributed by atoms with E-state index >= 15 is 0 Å². The van der Waals surface area contributed by atoms with Crippen molar-refractivity contribution < 1.29 is 9.13 Å². The second-order valence-corrected chi connectivity index (χ2v) is 4.81. The molecule has 0 bridgehead atoms. The summed E-state index contributed by atoms with van der Waals surface area (Å²) in [7, 11) is 1.61. The second kappa shape index (κ2) is 7.22. The van der Waals surface area contributed by atoms with E-state index in [1.807, 2.05) is 6.07 Å². The average Bonchev–Trinajstić information content (AvgIpc) is 2.25. The number of ether oxygens (including phenoxy) is 1. The zero-order chi connectivity index (χ0) is 12.0. The van der Waals surface area contributed by atoms with Crippen LogP contribution in [0, 0.1) is 5.82 Å². The fourth-order valence-corrected chi connectivity index (χ4v) is 1.93. The minimum absolute atomic E-state index is 0.0719. The number of rotatable bonds is 6. The standard InChI is InChI=1S/C11H14BrClFNO/c1-16-7-9(13)6-15-5-8-3-2-4-10(14)11(8)12/h2-4,9,15H,5-7H2,1H3. The van der Waals surface area contributed by atoms with Crippen LogP contribution in [-0.2, 0) is 11.3 Å². The largest absolute Gasteiger partial charge is 0.383 e. The molecule has 90 valence electrons. The zero-order valence-corrected chi connectivity index (χ0v) is 11.3. The van der Waals surface area contributed by atoms with Crippen molar-refractivity contribution in [2.75, 3.05) is 20.3 Å². The van der Waals surface area contributed by atoms with Crippen molar-refractivity contribution >= 4 is 27.5 Å². The third-order valence-corrected chi connectivity index (χ3v) is 3.23. The molecule has 0 aromatic heterocycles. The Hall–Kier alpha value is -0.160. The Morgan fingerprint density at radius 3 is 3.00 bits per heavy atom. The molecular weight excluding hydrogens is 296 g/mol. The molecule has 0 heterocycles. The summed E-state index contributed by atoms with van der Waals surface area (Å²) in [5, 5.41) is 3.07. The van der Waals surface area contributed by atoms with Crippen LogP contribution >= 0.6 is 27.5 Å². The van der Waals surface area contributed by atoms with Gasteiger partial charge >= 0.3 is 0 Å². The molecule has 0 saturated carbocycles. The number of methoxy groups -OCH3 is 1. The third kappa shape index (κ3) is 4.37. The smallest absolute Gasteiger partial charge is 0.137 e. The van der Waals surface area contributed by atoms with Gasteiger partial charge in [-0.3, -0.25) is 0 Å². The van der Waals surface area contributed by atoms with Gasteiger partial charge in [0.05, 0.1) is 16.5 Å². The van der Waals surface area contributed by atoms with Crippen molar-refractivity contribution in [2.45, 2.75) is 11.9 Å². The molecule has 0 aliphatic carbocycles. The first-order chi connectivity index (χ1) is 7.65. The first-order valence-electron chi connectivity index (χ1n) is 4.91. The SMILES string of the molecule is COCC(Cl)CNCc1cccc(F)c1Br. The van der Waals surface area contributed by atoms with Crippen LogP contribution in [0.15, 0.2) is 22.7 Å². The van der Waals surface area contributed by atoms with Crippen LogP contribution in [0.25, 0.3) is 0 Å². The van der Waals surface area contributed by atoms with Crippen molar-refractivity contribution in [2.24, 2.45) is 0 Å². The lowest BCUT2D eigenvalue weighted by Gasteiger charge is -2.10. The van der Waals surface area contributed by atoms with Gasteiger partial charge in [-0.2, -0.15) is 0 Å². The number of benzene rings is 1. The summed E-state index contributed by atoms with van der Waals surface area (Å²) in [4.78, 5) is 0. The summed E-state index contributed by atoms with van der Waals surface area (Å²) < 4.78 is 18.6. The van der Waals surface area contributed by atoms with E-state index in [0.717, 1.165) is 5.56 Å². The average molecular weight is 311 g/mol. The Bertz CT molecular complexity index is 338. The zero-order valence-electron chi connectivity index (χ0n) is 8.97. The number of hydrogen-bond acceptors (Lipinski definition) is 2. The highest BCUT2D eigenvalue weighted by molar-refractivity contribution is 9.10.